The molecule has 2 aromatic carbocycles. The smallest absolute Gasteiger partial charge is 0.276 e. The van der Waals surface area contributed by atoms with E-state index in [-0.39, 0.29) is 5.91 Å². The fraction of sp³-hybridized carbons (Fsp3) is 0.273. The standard InChI is InChI=1S/C22H21N3O3/c26-21-18(12-16-8-9-19-20(13-16)28-11-10-27-19)23-22(24-21)25(14-15-6-7-15)17-4-2-1-3-5-17/h1-5,8-9,12-13,15H,6-7,10-11,14H2,(H,23,24,26). The van der Waals surface area contributed by atoms with Gasteiger partial charge in [-0.15, -0.1) is 0 Å². The molecule has 2 aliphatic heterocycles. The molecule has 0 radical (unpaired) electrons. The molecule has 1 aliphatic carbocycles. The van der Waals surface area contributed by atoms with E-state index in [0.717, 1.165) is 23.5 Å². The minimum atomic E-state index is -0.193. The Hall–Kier alpha value is -3.28. The van der Waals surface area contributed by atoms with Gasteiger partial charge in [0.25, 0.3) is 5.91 Å². The monoisotopic (exact) mass is 375 g/mol. The van der Waals surface area contributed by atoms with E-state index in [1.54, 1.807) is 6.08 Å². The highest BCUT2D eigenvalue weighted by atomic mass is 16.6. The molecule has 0 unspecified atom stereocenters. The summed E-state index contributed by atoms with van der Waals surface area (Å²) in [6, 6.07) is 15.7. The van der Waals surface area contributed by atoms with Crippen LogP contribution in [-0.4, -0.2) is 31.6 Å². The van der Waals surface area contributed by atoms with Crippen molar-refractivity contribution in [3.8, 4) is 11.5 Å². The largest absolute Gasteiger partial charge is 0.486 e. The first-order valence-electron chi connectivity index (χ1n) is 9.60. The molecule has 0 spiro atoms. The second kappa shape index (κ2) is 7.03. The van der Waals surface area contributed by atoms with E-state index in [1.807, 2.05) is 48.5 Å². The number of nitrogens with zero attached hydrogens (tertiary/aromatic N) is 2. The average molecular weight is 375 g/mol. The zero-order chi connectivity index (χ0) is 18.9. The molecule has 1 amide bonds. The zero-order valence-electron chi connectivity index (χ0n) is 15.4. The lowest BCUT2D eigenvalue weighted by Crippen LogP contribution is -2.41. The van der Waals surface area contributed by atoms with Gasteiger partial charge in [-0.25, -0.2) is 4.99 Å². The lowest BCUT2D eigenvalue weighted by molar-refractivity contribution is -0.115. The third kappa shape index (κ3) is 3.45. The van der Waals surface area contributed by atoms with Gasteiger partial charge in [0.05, 0.1) is 0 Å². The summed E-state index contributed by atoms with van der Waals surface area (Å²) in [5.41, 5.74) is 2.28. The van der Waals surface area contributed by atoms with E-state index in [1.165, 1.54) is 12.8 Å². The molecule has 1 N–H and O–H groups in total. The molecule has 5 rings (SSSR count). The summed E-state index contributed by atoms with van der Waals surface area (Å²) in [5, 5.41) is 2.93. The van der Waals surface area contributed by atoms with Crippen molar-refractivity contribution in [3.05, 3.63) is 59.8 Å². The number of guanidine groups is 1. The molecule has 6 nitrogen and oxygen atoms in total. The Balaban J connectivity index is 1.44. The molecule has 2 heterocycles. The molecule has 0 aromatic heterocycles. The number of para-hydroxylation sites is 1. The lowest BCUT2D eigenvalue weighted by Gasteiger charge is -2.23. The van der Waals surface area contributed by atoms with Crippen LogP contribution in [0, 0.1) is 5.92 Å². The van der Waals surface area contributed by atoms with Gasteiger partial charge in [0.15, 0.2) is 11.5 Å². The van der Waals surface area contributed by atoms with Gasteiger partial charge >= 0.3 is 0 Å². The molecule has 1 saturated carbocycles. The first-order chi connectivity index (χ1) is 13.8. The van der Waals surface area contributed by atoms with Gasteiger partial charge in [-0.05, 0) is 54.7 Å². The number of carbonyl (C=O) groups excluding carboxylic acids is 1. The van der Waals surface area contributed by atoms with E-state index in [2.05, 4.69) is 15.2 Å². The molecular weight excluding hydrogens is 354 g/mol. The van der Waals surface area contributed by atoms with E-state index in [0.29, 0.717) is 36.5 Å². The van der Waals surface area contributed by atoms with Crippen molar-refractivity contribution >= 4 is 23.6 Å². The van der Waals surface area contributed by atoms with Crippen molar-refractivity contribution in [2.45, 2.75) is 12.8 Å². The van der Waals surface area contributed by atoms with Gasteiger partial charge in [0.2, 0.25) is 5.96 Å². The number of benzene rings is 2. The molecule has 142 valence electrons. The van der Waals surface area contributed by atoms with Crippen LogP contribution in [0.3, 0.4) is 0 Å². The number of rotatable bonds is 4. The highest BCUT2D eigenvalue weighted by Gasteiger charge is 2.30. The second-order valence-electron chi connectivity index (χ2n) is 7.21. The van der Waals surface area contributed by atoms with Crippen LogP contribution < -0.4 is 19.7 Å². The number of nitrogens with one attached hydrogen (secondary N) is 1. The van der Waals surface area contributed by atoms with E-state index >= 15 is 0 Å². The van der Waals surface area contributed by atoms with Crippen molar-refractivity contribution in [1.82, 2.24) is 5.32 Å². The number of hydrogen-bond acceptors (Lipinski definition) is 5. The molecule has 0 bridgehead atoms. The third-order valence-electron chi connectivity index (χ3n) is 5.02. The lowest BCUT2D eigenvalue weighted by atomic mass is 10.1. The molecule has 1 fully saturated rings. The van der Waals surface area contributed by atoms with Gasteiger partial charge in [-0.3, -0.25) is 10.1 Å². The predicted molar refractivity (Wildman–Crippen MR) is 107 cm³/mol. The SMILES string of the molecule is O=C1NC(N(CC2CC2)c2ccccc2)=NC1=Cc1ccc2c(c1)OCCO2. The van der Waals surface area contributed by atoms with Crippen LogP contribution in [0.1, 0.15) is 18.4 Å². The number of carbonyl (C=O) groups is 1. The fourth-order valence-corrected chi connectivity index (χ4v) is 3.37. The van der Waals surface area contributed by atoms with Gasteiger partial charge < -0.3 is 14.4 Å². The summed E-state index contributed by atoms with van der Waals surface area (Å²) in [4.78, 5) is 19.2. The molecule has 0 atom stereocenters. The van der Waals surface area contributed by atoms with E-state index < -0.39 is 0 Å². The number of hydrogen-bond donors (Lipinski definition) is 1. The normalized spacial score (nSPS) is 19.4. The number of amides is 1. The van der Waals surface area contributed by atoms with Crippen LogP contribution in [-0.2, 0) is 4.79 Å². The Bertz CT molecular complexity index is 964. The predicted octanol–water partition coefficient (Wildman–Crippen LogP) is 3.20. The molecular formula is C22H21N3O3. The maximum atomic E-state index is 12.5. The summed E-state index contributed by atoms with van der Waals surface area (Å²) in [6.45, 7) is 1.95. The fourth-order valence-electron chi connectivity index (χ4n) is 3.37. The molecule has 28 heavy (non-hydrogen) atoms. The number of anilines is 1. The van der Waals surface area contributed by atoms with Crippen molar-refractivity contribution in [3.63, 3.8) is 0 Å². The van der Waals surface area contributed by atoms with Gasteiger partial charge in [0.1, 0.15) is 18.9 Å². The minimum absolute atomic E-state index is 0.193. The van der Waals surface area contributed by atoms with Crippen LogP contribution in [0.15, 0.2) is 59.2 Å². The summed E-state index contributed by atoms with van der Waals surface area (Å²) >= 11 is 0. The van der Waals surface area contributed by atoms with Crippen molar-refractivity contribution in [1.29, 1.82) is 0 Å². The van der Waals surface area contributed by atoms with E-state index in [9.17, 15) is 4.79 Å². The van der Waals surface area contributed by atoms with Gasteiger partial charge in [-0.1, -0.05) is 24.3 Å². The molecule has 2 aromatic rings. The Kier molecular flexibility index (Phi) is 4.24. The topological polar surface area (TPSA) is 63.2 Å². The first kappa shape index (κ1) is 16.9. The molecule has 3 aliphatic rings. The zero-order valence-corrected chi connectivity index (χ0v) is 15.4. The summed E-state index contributed by atoms with van der Waals surface area (Å²) in [6.07, 6.45) is 4.23. The van der Waals surface area contributed by atoms with Gasteiger partial charge in [-0.2, -0.15) is 0 Å². The number of aliphatic imine (C=N–C) groups is 1. The third-order valence-corrected chi connectivity index (χ3v) is 5.02. The van der Waals surface area contributed by atoms with Crippen molar-refractivity contribution in [2.24, 2.45) is 10.9 Å². The Morgan fingerprint density at radius 3 is 2.64 bits per heavy atom. The van der Waals surface area contributed by atoms with Crippen LogP contribution in [0.25, 0.3) is 6.08 Å². The summed E-state index contributed by atoms with van der Waals surface area (Å²) < 4.78 is 11.2. The highest BCUT2D eigenvalue weighted by Crippen LogP contribution is 2.33. The first-order valence-corrected chi connectivity index (χ1v) is 9.60. The summed E-state index contributed by atoms with van der Waals surface area (Å²) in [5.74, 6) is 2.48. The summed E-state index contributed by atoms with van der Waals surface area (Å²) in [7, 11) is 0. The quantitative estimate of drug-likeness (QED) is 0.834. The van der Waals surface area contributed by atoms with Crippen molar-refractivity contribution in [2.75, 3.05) is 24.7 Å². The maximum absolute atomic E-state index is 12.5. The number of ether oxygens (including phenoxy) is 2. The molecule has 0 saturated heterocycles. The van der Waals surface area contributed by atoms with Gasteiger partial charge in [0, 0.05) is 12.2 Å². The van der Waals surface area contributed by atoms with Crippen molar-refractivity contribution < 1.29 is 14.3 Å². The highest BCUT2D eigenvalue weighted by molar-refractivity contribution is 6.18. The minimum Gasteiger partial charge on any atom is -0.486 e. The Morgan fingerprint density at radius 2 is 1.86 bits per heavy atom. The second-order valence-corrected chi connectivity index (χ2v) is 7.21. The average Bonchev–Trinajstić information content (AvgIpc) is 3.49. The van der Waals surface area contributed by atoms with Crippen LogP contribution in [0.4, 0.5) is 5.69 Å². The van der Waals surface area contributed by atoms with E-state index in [4.69, 9.17) is 9.47 Å². The Labute approximate surface area is 163 Å². The molecule has 6 heteroatoms. The maximum Gasteiger partial charge on any atom is 0.276 e. The van der Waals surface area contributed by atoms with Crippen LogP contribution in [0.2, 0.25) is 0 Å². The number of fused-ring (bicyclic) bond motifs is 1. The van der Waals surface area contributed by atoms with Crippen LogP contribution in [0.5, 0.6) is 11.5 Å². The van der Waals surface area contributed by atoms with Crippen LogP contribution >= 0.6 is 0 Å². The Morgan fingerprint density at radius 1 is 1.07 bits per heavy atom.